The minimum atomic E-state index is -0.288. The third-order valence-corrected chi connectivity index (χ3v) is 4.05. The number of benzene rings is 1. The Morgan fingerprint density at radius 1 is 1.30 bits per heavy atom. The smallest absolute Gasteiger partial charge is 0.278 e. The van der Waals surface area contributed by atoms with Crippen LogP contribution >= 0.6 is 0 Å². The van der Waals surface area contributed by atoms with Gasteiger partial charge < -0.3 is 5.32 Å². The summed E-state index contributed by atoms with van der Waals surface area (Å²) in [6, 6.07) is 7.00. The number of nitrogens with one attached hydrogen (secondary N) is 1. The van der Waals surface area contributed by atoms with Gasteiger partial charge in [0.1, 0.15) is 12.1 Å². The van der Waals surface area contributed by atoms with Crippen molar-refractivity contribution in [3.8, 4) is 0 Å². The summed E-state index contributed by atoms with van der Waals surface area (Å²) in [5.74, 6) is 0.282. The monoisotopic (exact) mass is 316 g/mol. The van der Waals surface area contributed by atoms with E-state index in [0.29, 0.717) is 23.4 Å². The molecule has 0 unspecified atom stereocenters. The molecule has 0 aliphatic rings. The summed E-state index contributed by atoms with van der Waals surface area (Å²) < 4.78 is 1.12. The molecule has 0 radical (unpaired) electrons. The molecule has 1 heterocycles. The largest absolute Gasteiger partial charge is 0.354 e. The van der Waals surface area contributed by atoms with Crippen LogP contribution < -0.4 is 10.9 Å². The molecule has 0 fully saturated rings. The van der Waals surface area contributed by atoms with Crippen molar-refractivity contribution in [2.45, 2.75) is 46.1 Å². The average molecular weight is 316 g/mol. The highest BCUT2D eigenvalue weighted by Crippen LogP contribution is 2.11. The van der Waals surface area contributed by atoms with Gasteiger partial charge in [-0.2, -0.15) is 0 Å². The molecule has 1 aromatic carbocycles. The molecule has 0 aliphatic carbocycles. The molecule has 6 heteroatoms. The summed E-state index contributed by atoms with van der Waals surface area (Å²) in [6.07, 6.45) is 4.48. The number of carbonyl (C=O) groups excluding carboxylic acids is 1. The van der Waals surface area contributed by atoms with Crippen LogP contribution in [0, 0.1) is 5.92 Å². The molecular formula is C17H24N4O2. The minimum absolute atomic E-state index is 0.0963. The third-order valence-electron chi connectivity index (χ3n) is 4.05. The summed E-state index contributed by atoms with van der Waals surface area (Å²) in [7, 11) is 0. The molecular weight excluding hydrogens is 292 g/mol. The Morgan fingerprint density at radius 3 is 2.83 bits per heavy atom. The van der Waals surface area contributed by atoms with Gasteiger partial charge in [0.2, 0.25) is 5.91 Å². The van der Waals surface area contributed by atoms with Gasteiger partial charge in [0.15, 0.2) is 0 Å². The van der Waals surface area contributed by atoms with Crippen LogP contribution in [-0.2, 0) is 11.3 Å². The first-order valence-electron chi connectivity index (χ1n) is 8.25. The number of hydrogen-bond donors (Lipinski definition) is 1. The molecule has 2 rings (SSSR count). The molecule has 0 spiro atoms. The van der Waals surface area contributed by atoms with Gasteiger partial charge in [0.25, 0.3) is 5.56 Å². The molecule has 6 nitrogen and oxygen atoms in total. The number of rotatable bonds is 8. The summed E-state index contributed by atoms with van der Waals surface area (Å²) in [4.78, 5) is 24.3. The Hall–Kier alpha value is -2.24. The van der Waals surface area contributed by atoms with E-state index < -0.39 is 0 Å². The Bertz CT molecular complexity index is 711. The highest BCUT2D eigenvalue weighted by molar-refractivity contribution is 5.78. The molecule has 1 N–H and O–H groups in total. The fourth-order valence-electron chi connectivity index (χ4n) is 2.52. The van der Waals surface area contributed by atoms with E-state index in [9.17, 15) is 9.59 Å². The van der Waals surface area contributed by atoms with Gasteiger partial charge in [-0.15, -0.1) is 5.10 Å². The number of amides is 1. The SMILES string of the molecule is CCCC[C@@H](CC)CNC(=O)Cn1nnc2ccccc2c1=O. The average Bonchev–Trinajstić information content (AvgIpc) is 2.58. The lowest BCUT2D eigenvalue weighted by Gasteiger charge is -2.15. The van der Waals surface area contributed by atoms with Crippen LogP contribution in [0.15, 0.2) is 29.1 Å². The molecule has 124 valence electrons. The number of nitrogens with zero attached hydrogens (tertiary/aromatic N) is 3. The van der Waals surface area contributed by atoms with Crippen LogP contribution in [0.4, 0.5) is 0 Å². The Morgan fingerprint density at radius 2 is 2.09 bits per heavy atom. The highest BCUT2D eigenvalue weighted by atomic mass is 16.2. The molecule has 2 aromatic rings. The quantitative estimate of drug-likeness (QED) is 0.809. The fraction of sp³-hybridized carbons (Fsp3) is 0.529. The van der Waals surface area contributed by atoms with Gasteiger partial charge in [-0.25, -0.2) is 4.68 Å². The van der Waals surface area contributed by atoms with Gasteiger partial charge in [0, 0.05) is 6.54 Å². The van der Waals surface area contributed by atoms with E-state index in [-0.39, 0.29) is 18.0 Å². The maximum Gasteiger partial charge on any atom is 0.278 e. The van der Waals surface area contributed by atoms with Crippen molar-refractivity contribution in [2.75, 3.05) is 6.54 Å². The van der Waals surface area contributed by atoms with E-state index in [0.717, 1.165) is 23.9 Å². The number of aromatic nitrogens is 3. The Labute approximate surface area is 135 Å². The van der Waals surface area contributed by atoms with Crippen LogP contribution in [0.5, 0.6) is 0 Å². The van der Waals surface area contributed by atoms with E-state index >= 15 is 0 Å². The van der Waals surface area contributed by atoms with Gasteiger partial charge in [-0.3, -0.25) is 9.59 Å². The first-order valence-corrected chi connectivity index (χ1v) is 8.25. The zero-order chi connectivity index (χ0) is 16.7. The predicted octanol–water partition coefficient (Wildman–Crippen LogP) is 2.12. The number of hydrogen-bond acceptors (Lipinski definition) is 4. The Kier molecular flexibility index (Phi) is 6.26. The zero-order valence-electron chi connectivity index (χ0n) is 13.8. The molecule has 1 amide bonds. The van der Waals surface area contributed by atoms with Crippen LogP contribution in [-0.4, -0.2) is 27.4 Å². The summed E-state index contributed by atoms with van der Waals surface area (Å²) in [6.45, 7) is 4.84. The summed E-state index contributed by atoms with van der Waals surface area (Å²) >= 11 is 0. The molecule has 23 heavy (non-hydrogen) atoms. The number of fused-ring (bicyclic) bond motifs is 1. The maximum absolute atomic E-state index is 12.3. The second-order valence-electron chi connectivity index (χ2n) is 5.79. The molecule has 0 saturated heterocycles. The number of unbranched alkanes of at least 4 members (excludes halogenated alkanes) is 1. The lowest BCUT2D eigenvalue weighted by molar-refractivity contribution is -0.122. The minimum Gasteiger partial charge on any atom is -0.354 e. The fourth-order valence-corrected chi connectivity index (χ4v) is 2.52. The molecule has 1 aromatic heterocycles. The van der Waals surface area contributed by atoms with Crippen LogP contribution in [0.2, 0.25) is 0 Å². The van der Waals surface area contributed by atoms with E-state index in [1.54, 1.807) is 24.3 Å². The van der Waals surface area contributed by atoms with Crippen LogP contribution in [0.1, 0.15) is 39.5 Å². The van der Waals surface area contributed by atoms with Crippen molar-refractivity contribution in [3.05, 3.63) is 34.6 Å². The molecule has 1 atom stereocenters. The number of carbonyl (C=O) groups is 1. The first-order chi connectivity index (χ1) is 11.2. The third kappa shape index (κ3) is 4.61. The zero-order valence-corrected chi connectivity index (χ0v) is 13.8. The lowest BCUT2D eigenvalue weighted by Crippen LogP contribution is -2.36. The van der Waals surface area contributed by atoms with E-state index in [1.165, 1.54) is 6.42 Å². The highest BCUT2D eigenvalue weighted by Gasteiger charge is 2.11. The van der Waals surface area contributed by atoms with Gasteiger partial charge in [-0.1, -0.05) is 50.5 Å². The van der Waals surface area contributed by atoms with Gasteiger partial charge in [0.05, 0.1) is 5.39 Å². The standard InChI is InChI=1S/C17H24N4O2/c1-3-5-8-13(4-2)11-18-16(22)12-21-17(23)14-9-6-7-10-15(14)19-20-21/h6-7,9-10,13H,3-5,8,11-12H2,1-2H3,(H,18,22)/t13-/m1/s1. The van der Waals surface area contributed by atoms with Crippen LogP contribution in [0.3, 0.4) is 0 Å². The van der Waals surface area contributed by atoms with Gasteiger partial charge >= 0.3 is 0 Å². The summed E-state index contributed by atoms with van der Waals surface area (Å²) in [5, 5.41) is 11.2. The van der Waals surface area contributed by atoms with E-state index in [4.69, 9.17) is 0 Å². The molecule has 0 bridgehead atoms. The predicted molar refractivity (Wildman–Crippen MR) is 90.1 cm³/mol. The lowest BCUT2D eigenvalue weighted by atomic mass is 9.99. The normalized spacial score (nSPS) is 12.3. The molecule has 0 saturated carbocycles. The van der Waals surface area contributed by atoms with Crippen molar-refractivity contribution in [1.82, 2.24) is 20.3 Å². The maximum atomic E-state index is 12.3. The Balaban J connectivity index is 1.98. The summed E-state index contributed by atoms with van der Waals surface area (Å²) in [5.41, 5.74) is 0.253. The van der Waals surface area contributed by atoms with Crippen molar-refractivity contribution < 1.29 is 4.79 Å². The molecule has 0 aliphatic heterocycles. The van der Waals surface area contributed by atoms with E-state index in [1.807, 2.05) is 0 Å². The van der Waals surface area contributed by atoms with Crippen molar-refractivity contribution >= 4 is 16.8 Å². The van der Waals surface area contributed by atoms with Crippen molar-refractivity contribution in [2.24, 2.45) is 5.92 Å². The second kappa shape index (κ2) is 8.41. The second-order valence-corrected chi connectivity index (χ2v) is 5.79. The van der Waals surface area contributed by atoms with Crippen molar-refractivity contribution in [1.29, 1.82) is 0 Å². The van der Waals surface area contributed by atoms with Gasteiger partial charge in [-0.05, 0) is 24.5 Å². The van der Waals surface area contributed by atoms with E-state index in [2.05, 4.69) is 29.5 Å². The van der Waals surface area contributed by atoms with Crippen molar-refractivity contribution in [3.63, 3.8) is 0 Å². The first kappa shape index (κ1) is 17.1. The van der Waals surface area contributed by atoms with Crippen LogP contribution in [0.25, 0.3) is 10.9 Å². The topological polar surface area (TPSA) is 76.9 Å².